The van der Waals surface area contributed by atoms with E-state index in [1.54, 1.807) is 0 Å². The van der Waals surface area contributed by atoms with Crippen molar-refractivity contribution in [3.8, 4) is 5.75 Å². The molecule has 3 heteroatoms. The van der Waals surface area contributed by atoms with Crippen LogP contribution in [0.4, 0.5) is 0 Å². The van der Waals surface area contributed by atoms with Crippen LogP contribution in [-0.2, 0) is 6.54 Å². The number of imidazole rings is 1. The van der Waals surface area contributed by atoms with E-state index in [1.807, 2.05) is 12.1 Å². The minimum atomic E-state index is 0.682. The Kier molecular flexibility index (Phi) is 4.24. The van der Waals surface area contributed by atoms with Crippen LogP contribution in [0.2, 0.25) is 0 Å². The van der Waals surface area contributed by atoms with Gasteiger partial charge in [0, 0.05) is 12.5 Å². The molecule has 0 radical (unpaired) electrons. The van der Waals surface area contributed by atoms with Crippen LogP contribution in [-0.4, -0.2) is 16.2 Å². The standard InChI is InChI=1S/C21H24N2O/c1-16-8-12-18(13-9-16)24-15-5-4-14-23-20-7-3-2-6-19(20)22-21(23)17-10-11-17/h2-3,6-9,12-13,17H,4-5,10-11,14-15H2,1H3. The van der Waals surface area contributed by atoms with Gasteiger partial charge in [-0.05, 0) is 56.9 Å². The Balaban J connectivity index is 1.35. The normalized spacial score (nSPS) is 14.2. The molecule has 0 atom stereocenters. The number of aryl methyl sites for hydroxylation is 2. The highest BCUT2D eigenvalue weighted by molar-refractivity contribution is 5.76. The molecular formula is C21H24N2O. The van der Waals surface area contributed by atoms with E-state index in [0.29, 0.717) is 5.92 Å². The maximum absolute atomic E-state index is 5.83. The van der Waals surface area contributed by atoms with Crippen LogP contribution in [0.15, 0.2) is 48.5 Å². The van der Waals surface area contributed by atoms with E-state index >= 15 is 0 Å². The lowest BCUT2D eigenvalue weighted by atomic mass is 10.2. The quantitative estimate of drug-likeness (QED) is 0.568. The number of rotatable bonds is 7. The summed E-state index contributed by atoms with van der Waals surface area (Å²) in [6.45, 7) is 3.90. The summed E-state index contributed by atoms with van der Waals surface area (Å²) >= 11 is 0. The highest BCUT2D eigenvalue weighted by atomic mass is 16.5. The van der Waals surface area contributed by atoms with E-state index in [-0.39, 0.29) is 0 Å². The summed E-state index contributed by atoms with van der Waals surface area (Å²) in [5, 5.41) is 0. The topological polar surface area (TPSA) is 27.1 Å². The summed E-state index contributed by atoms with van der Waals surface area (Å²) in [7, 11) is 0. The van der Waals surface area contributed by atoms with Gasteiger partial charge in [-0.1, -0.05) is 29.8 Å². The van der Waals surface area contributed by atoms with Crippen LogP contribution < -0.4 is 4.74 Å². The van der Waals surface area contributed by atoms with Crippen molar-refractivity contribution >= 4 is 11.0 Å². The fourth-order valence-corrected chi connectivity index (χ4v) is 3.18. The molecule has 2 aromatic carbocycles. The number of fused-ring (bicyclic) bond motifs is 1. The van der Waals surface area contributed by atoms with E-state index < -0.39 is 0 Å². The Morgan fingerprint density at radius 1 is 1.04 bits per heavy atom. The average molecular weight is 320 g/mol. The molecule has 24 heavy (non-hydrogen) atoms. The smallest absolute Gasteiger partial charge is 0.119 e. The van der Waals surface area contributed by atoms with Gasteiger partial charge in [0.25, 0.3) is 0 Å². The van der Waals surface area contributed by atoms with Gasteiger partial charge in [-0.3, -0.25) is 0 Å². The van der Waals surface area contributed by atoms with Gasteiger partial charge in [0.2, 0.25) is 0 Å². The number of para-hydroxylation sites is 2. The molecular weight excluding hydrogens is 296 g/mol. The van der Waals surface area contributed by atoms with E-state index in [9.17, 15) is 0 Å². The zero-order chi connectivity index (χ0) is 16.4. The molecule has 3 nitrogen and oxygen atoms in total. The third kappa shape index (κ3) is 3.30. The van der Waals surface area contributed by atoms with Crippen molar-refractivity contribution in [1.82, 2.24) is 9.55 Å². The first kappa shape index (κ1) is 15.3. The zero-order valence-electron chi connectivity index (χ0n) is 14.2. The minimum Gasteiger partial charge on any atom is -0.494 e. The second-order valence-electron chi connectivity index (χ2n) is 6.75. The number of aromatic nitrogens is 2. The van der Waals surface area contributed by atoms with E-state index in [4.69, 9.17) is 9.72 Å². The fraction of sp³-hybridized carbons (Fsp3) is 0.381. The lowest BCUT2D eigenvalue weighted by molar-refractivity contribution is 0.303. The van der Waals surface area contributed by atoms with Gasteiger partial charge in [0.05, 0.1) is 17.6 Å². The van der Waals surface area contributed by atoms with Crippen molar-refractivity contribution in [1.29, 1.82) is 0 Å². The molecule has 0 amide bonds. The molecule has 1 aliphatic carbocycles. The molecule has 3 aromatic rings. The van der Waals surface area contributed by atoms with Gasteiger partial charge in [-0.15, -0.1) is 0 Å². The van der Waals surface area contributed by atoms with E-state index in [2.05, 4.69) is 47.9 Å². The molecule has 0 bridgehead atoms. The summed E-state index contributed by atoms with van der Waals surface area (Å²) in [5.41, 5.74) is 3.68. The molecule has 1 saturated carbocycles. The van der Waals surface area contributed by atoms with Crippen LogP contribution in [0.1, 0.15) is 43.0 Å². The summed E-state index contributed by atoms with van der Waals surface area (Å²) < 4.78 is 8.26. The first-order valence-corrected chi connectivity index (χ1v) is 8.96. The van der Waals surface area contributed by atoms with Gasteiger partial charge >= 0.3 is 0 Å². The van der Waals surface area contributed by atoms with Crippen molar-refractivity contribution in [2.45, 2.75) is 45.1 Å². The molecule has 0 unspecified atom stereocenters. The zero-order valence-corrected chi connectivity index (χ0v) is 14.2. The van der Waals surface area contributed by atoms with Crippen LogP contribution >= 0.6 is 0 Å². The molecule has 1 fully saturated rings. The van der Waals surface area contributed by atoms with Crippen molar-refractivity contribution in [3.05, 3.63) is 59.9 Å². The lowest BCUT2D eigenvalue weighted by Crippen LogP contribution is -2.05. The Labute approximate surface area is 143 Å². The minimum absolute atomic E-state index is 0.682. The van der Waals surface area contributed by atoms with Crippen molar-refractivity contribution in [2.24, 2.45) is 0 Å². The molecule has 4 rings (SSSR count). The monoisotopic (exact) mass is 320 g/mol. The average Bonchev–Trinajstić information content (AvgIpc) is 3.38. The molecule has 1 aliphatic rings. The lowest BCUT2D eigenvalue weighted by Gasteiger charge is -2.10. The number of benzene rings is 2. The third-order valence-corrected chi connectivity index (χ3v) is 4.69. The van der Waals surface area contributed by atoms with Crippen LogP contribution in [0.25, 0.3) is 11.0 Å². The maximum atomic E-state index is 5.83. The summed E-state index contributed by atoms with van der Waals surface area (Å²) in [6.07, 6.45) is 4.76. The Morgan fingerprint density at radius 2 is 1.83 bits per heavy atom. The van der Waals surface area contributed by atoms with E-state index in [0.717, 1.165) is 37.3 Å². The number of nitrogens with zero attached hydrogens (tertiary/aromatic N) is 2. The van der Waals surface area contributed by atoms with E-state index in [1.165, 1.54) is 29.7 Å². The molecule has 1 heterocycles. The number of hydrogen-bond acceptors (Lipinski definition) is 2. The molecule has 1 aromatic heterocycles. The molecule has 0 spiro atoms. The maximum Gasteiger partial charge on any atom is 0.119 e. The number of hydrogen-bond donors (Lipinski definition) is 0. The predicted octanol–water partition coefficient (Wildman–Crippen LogP) is 5.08. The van der Waals surface area contributed by atoms with Crippen molar-refractivity contribution in [3.63, 3.8) is 0 Å². The highest BCUT2D eigenvalue weighted by Crippen LogP contribution is 2.40. The molecule has 0 aliphatic heterocycles. The molecule has 124 valence electrons. The fourth-order valence-electron chi connectivity index (χ4n) is 3.18. The van der Waals surface area contributed by atoms with Crippen molar-refractivity contribution < 1.29 is 4.74 Å². The highest BCUT2D eigenvalue weighted by Gasteiger charge is 2.29. The first-order valence-electron chi connectivity index (χ1n) is 8.96. The van der Waals surface area contributed by atoms with Crippen LogP contribution in [0.3, 0.4) is 0 Å². The summed E-state index contributed by atoms with van der Waals surface area (Å²) in [5.74, 6) is 2.93. The largest absolute Gasteiger partial charge is 0.494 e. The van der Waals surface area contributed by atoms with Crippen LogP contribution in [0.5, 0.6) is 5.75 Å². The predicted molar refractivity (Wildman–Crippen MR) is 97.6 cm³/mol. The van der Waals surface area contributed by atoms with Crippen molar-refractivity contribution in [2.75, 3.05) is 6.61 Å². The summed E-state index contributed by atoms with van der Waals surface area (Å²) in [4.78, 5) is 4.86. The van der Waals surface area contributed by atoms with Gasteiger partial charge < -0.3 is 9.30 Å². The number of ether oxygens (including phenoxy) is 1. The molecule has 0 N–H and O–H groups in total. The van der Waals surface area contributed by atoms with Crippen LogP contribution in [0, 0.1) is 6.92 Å². The Bertz CT molecular complexity index is 815. The summed E-state index contributed by atoms with van der Waals surface area (Å²) in [6, 6.07) is 16.8. The Hall–Kier alpha value is -2.29. The van der Waals surface area contributed by atoms with Gasteiger partial charge in [0.1, 0.15) is 11.6 Å². The second-order valence-corrected chi connectivity index (χ2v) is 6.75. The molecule has 0 saturated heterocycles. The van der Waals surface area contributed by atoms with Gasteiger partial charge in [0.15, 0.2) is 0 Å². The SMILES string of the molecule is Cc1ccc(OCCCCn2c(C3CC3)nc3ccccc32)cc1. The first-order chi connectivity index (χ1) is 11.8. The number of unbranched alkanes of at least 4 members (excludes halogenated alkanes) is 1. The Morgan fingerprint density at radius 3 is 2.62 bits per heavy atom. The van der Waals surface area contributed by atoms with Gasteiger partial charge in [-0.25, -0.2) is 4.98 Å². The third-order valence-electron chi connectivity index (χ3n) is 4.69. The van der Waals surface area contributed by atoms with Gasteiger partial charge in [-0.2, -0.15) is 0 Å². The second kappa shape index (κ2) is 6.68.